The number of hydrogen-bond acceptors (Lipinski definition) is 6. The highest BCUT2D eigenvalue weighted by molar-refractivity contribution is 7.19. The van der Waals surface area contributed by atoms with Gasteiger partial charge in [-0.1, -0.05) is 11.3 Å². The molecule has 0 bridgehead atoms. The Morgan fingerprint density at radius 2 is 2.00 bits per heavy atom. The van der Waals surface area contributed by atoms with Gasteiger partial charge in [0.25, 0.3) is 0 Å². The topological polar surface area (TPSA) is 65.5 Å². The Kier molecular flexibility index (Phi) is 3.34. The molecule has 0 radical (unpaired) electrons. The maximum absolute atomic E-state index is 5.47. The van der Waals surface area contributed by atoms with Crippen molar-refractivity contribution in [1.29, 1.82) is 0 Å². The molecule has 0 aliphatic heterocycles. The van der Waals surface area contributed by atoms with E-state index in [1.165, 1.54) is 11.3 Å². The van der Waals surface area contributed by atoms with Gasteiger partial charge in [-0.05, 0) is 44.2 Å². The molecule has 0 fully saturated rings. The number of nitrogens with zero attached hydrogens (tertiary/aromatic N) is 4. The number of rotatable bonds is 4. The van der Waals surface area contributed by atoms with E-state index in [2.05, 4.69) is 15.3 Å². The molecule has 3 heterocycles. The van der Waals surface area contributed by atoms with Crippen molar-refractivity contribution in [3.63, 3.8) is 0 Å². The normalized spacial score (nSPS) is 11.2. The average Bonchev–Trinajstić information content (AvgIpc) is 3.24. The minimum absolute atomic E-state index is 0.656. The number of furan rings is 1. The molecule has 4 rings (SSSR count). The molecule has 3 aromatic heterocycles. The molecule has 0 saturated heterocycles. The zero-order chi connectivity index (χ0) is 15.8. The number of ether oxygens (including phenoxy) is 1. The minimum Gasteiger partial charge on any atom is -0.494 e. The number of aromatic nitrogens is 4. The molecule has 0 unspecified atom stereocenters. The van der Waals surface area contributed by atoms with Crippen molar-refractivity contribution in [3.05, 3.63) is 42.4 Å². The summed E-state index contributed by atoms with van der Waals surface area (Å²) in [6, 6.07) is 9.77. The second-order valence-corrected chi connectivity index (χ2v) is 5.93. The van der Waals surface area contributed by atoms with Gasteiger partial charge < -0.3 is 9.15 Å². The summed E-state index contributed by atoms with van der Waals surface area (Å²) in [6.45, 7) is 4.52. The summed E-state index contributed by atoms with van der Waals surface area (Å²) >= 11 is 1.50. The highest BCUT2D eigenvalue weighted by Crippen LogP contribution is 2.30. The number of fused-ring (bicyclic) bond motifs is 1. The van der Waals surface area contributed by atoms with Gasteiger partial charge in [0.1, 0.15) is 16.5 Å². The Hall–Kier alpha value is -2.67. The minimum atomic E-state index is 0.656. The average molecular weight is 326 g/mol. The first kappa shape index (κ1) is 14.0. The summed E-state index contributed by atoms with van der Waals surface area (Å²) < 4.78 is 12.6. The summed E-state index contributed by atoms with van der Waals surface area (Å²) in [4.78, 5) is 0.754. The number of hydrogen-bond donors (Lipinski definition) is 0. The third-order valence-electron chi connectivity index (χ3n) is 3.50. The summed E-state index contributed by atoms with van der Waals surface area (Å²) in [5, 5.41) is 14.0. The van der Waals surface area contributed by atoms with Crippen molar-refractivity contribution in [2.24, 2.45) is 0 Å². The Labute approximate surface area is 136 Å². The molecule has 1 aromatic carbocycles. The lowest BCUT2D eigenvalue weighted by molar-refractivity contribution is 0.340. The van der Waals surface area contributed by atoms with E-state index in [9.17, 15) is 0 Å². The summed E-state index contributed by atoms with van der Waals surface area (Å²) in [5.74, 6) is 2.35. The molecule has 0 N–H and O–H groups in total. The fraction of sp³-hybridized carbons (Fsp3) is 0.188. The zero-order valence-electron chi connectivity index (χ0n) is 12.7. The summed E-state index contributed by atoms with van der Waals surface area (Å²) in [5.41, 5.74) is 1.93. The van der Waals surface area contributed by atoms with E-state index >= 15 is 0 Å². The molecule has 6 nitrogen and oxygen atoms in total. The predicted molar refractivity (Wildman–Crippen MR) is 87.7 cm³/mol. The Morgan fingerprint density at radius 3 is 2.70 bits per heavy atom. The fourth-order valence-corrected chi connectivity index (χ4v) is 3.22. The van der Waals surface area contributed by atoms with Gasteiger partial charge in [-0.25, -0.2) is 0 Å². The van der Waals surface area contributed by atoms with Gasteiger partial charge in [0, 0.05) is 5.56 Å². The van der Waals surface area contributed by atoms with E-state index in [-0.39, 0.29) is 0 Å². The largest absolute Gasteiger partial charge is 0.494 e. The van der Waals surface area contributed by atoms with Crippen LogP contribution in [-0.2, 0) is 0 Å². The van der Waals surface area contributed by atoms with Crippen molar-refractivity contribution >= 4 is 16.3 Å². The van der Waals surface area contributed by atoms with Crippen LogP contribution in [0.2, 0.25) is 0 Å². The third kappa shape index (κ3) is 2.39. The molecule has 23 heavy (non-hydrogen) atoms. The SMILES string of the molecule is CCOc1ccc(-c2nn3c(-c4ccoc4C)nnc3s2)cc1. The van der Waals surface area contributed by atoms with Gasteiger partial charge in [-0.3, -0.25) is 0 Å². The van der Waals surface area contributed by atoms with Gasteiger partial charge in [0.15, 0.2) is 5.82 Å². The van der Waals surface area contributed by atoms with Gasteiger partial charge in [-0.2, -0.15) is 9.61 Å². The molecule has 116 valence electrons. The maximum atomic E-state index is 5.47. The Morgan fingerprint density at radius 1 is 1.17 bits per heavy atom. The smallest absolute Gasteiger partial charge is 0.235 e. The van der Waals surface area contributed by atoms with E-state index < -0.39 is 0 Å². The highest BCUT2D eigenvalue weighted by Gasteiger charge is 2.17. The van der Waals surface area contributed by atoms with E-state index in [1.54, 1.807) is 10.8 Å². The highest BCUT2D eigenvalue weighted by atomic mass is 32.1. The van der Waals surface area contributed by atoms with Gasteiger partial charge in [0.05, 0.1) is 18.4 Å². The van der Waals surface area contributed by atoms with Crippen LogP contribution in [0.1, 0.15) is 12.7 Å². The lowest BCUT2D eigenvalue weighted by Gasteiger charge is -2.02. The van der Waals surface area contributed by atoms with Gasteiger partial charge >= 0.3 is 0 Å². The molecule has 4 aromatic rings. The van der Waals surface area contributed by atoms with Crippen LogP contribution in [0, 0.1) is 6.92 Å². The van der Waals surface area contributed by atoms with Crippen molar-refractivity contribution < 1.29 is 9.15 Å². The van der Waals surface area contributed by atoms with Crippen molar-refractivity contribution in [3.8, 4) is 27.7 Å². The van der Waals surface area contributed by atoms with Crippen molar-refractivity contribution in [1.82, 2.24) is 19.8 Å². The van der Waals surface area contributed by atoms with Crippen LogP contribution in [0.3, 0.4) is 0 Å². The van der Waals surface area contributed by atoms with Gasteiger partial charge in [-0.15, -0.1) is 10.2 Å². The van der Waals surface area contributed by atoms with Crippen LogP contribution in [0.4, 0.5) is 0 Å². The number of aryl methyl sites for hydroxylation is 1. The van der Waals surface area contributed by atoms with Crippen LogP contribution in [-0.4, -0.2) is 26.4 Å². The molecule has 0 atom stereocenters. The van der Waals surface area contributed by atoms with Crippen LogP contribution < -0.4 is 4.74 Å². The van der Waals surface area contributed by atoms with Crippen LogP contribution in [0.5, 0.6) is 5.75 Å². The first-order valence-corrected chi connectivity index (χ1v) is 8.08. The lowest BCUT2D eigenvalue weighted by atomic mass is 10.2. The van der Waals surface area contributed by atoms with E-state index in [4.69, 9.17) is 9.15 Å². The Bertz CT molecular complexity index is 952. The monoisotopic (exact) mass is 326 g/mol. The maximum Gasteiger partial charge on any atom is 0.235 e. The fourth-order valence-electron chi connectivity index (χ4n) is 2.38. The molecular weight excluding hydrogens is 312 g/mol. The second-order valence-electron chi connectivity index (χ2n) is 4.97. The molecule has 0 amide bonds. The van der Waals surface area contributed by atoms with E-state index in [1.807, 2.05) is 44.2 Å². The first-order valence-electron chi connectivity index (χ1n) is 7.26. The van der Waals surface area contributed by atoms with Gasteiger partial charge in [0.2, 0.25) is 4.96 Å². The van der Waals surface area contributed by atoms with E-state index in [0.717, 1.165) is 32.6 Å². The molecule has 0 spiro atoms. The predicted octanol–water partition coefficient (Wildman–Crippen LogP) is 3.82. The third-order valence-corrected chi connectivity index (χ3v) is 4.45. The Balaban J connectivity index is 1.75. The molecule has 0 saturated carbocycles. The van der Waals surface area contributed by atoms with E-state index in [0.29, 0.717) is 12.4 Å². The molecule has 0 aliphatic carbocycles. The van der Waals surface area contributed by atoms with Crippen LogP contribution in [0.15, 0.2) is 41.0 Å². The van der Waals surface area contributed by atoms with Crippen molar-refractivity contribution in [2.45, 2.75) is 13.8 Å². The zero-order valence-corrected chi connectivity index (χ0v) is 13.5. The quantitative estimate of drug-likeness (QED) is 0.570. The second kappa shape index (κ2) is 5.51. The molecular formula is C16H14N4O2S. The molecule has 0 aliphatic rings. The van der Waals surface area contributed by atoms with Crippen LogP contribution >= 0.6 is 11.3 Å². The molecule has 7 heteroatoms. The summed E-state index contributed by atoms with van der Waals surface area (Å²) in [6.07, 6.45) is 1.64. The first-order chi connectivity index (χ1) is 11.3. The standard InChI is InChI=1S/C16H14N4O2S/c1-3-21-12-6-4-11(5-7-12)15-19-20-14(17-18-16(20)23-15)13-8-9-22-10(13)2/h4-9H,3H2,1-2H3. The number of benzene rings is 1. The van der Waals surface area contributed by atoms with Crippen LogP contribution in [0.25, 0.3) is 26.9 Å². The van der Waals surface area contributed by atoms with Crippen molar-refractivity contribution in [2.75, 3.05) is 6.61 Å². The summed E-state index contributed by atoms with van der Waals surface area (Å²) in [7, 11) is 0. The lowest BCUT2D eigenvalue weighted by Crippen LogP contribution is -1.92.